The molecule has 0 radical (unpaired) electrons. The molecule has 1 saturated carbocycles. The summed E-state index contributed by atoms with van der Waals surface area (Å²) >= 11 is 6.29. The van der Waals surface area contributed by atoms with Crippen LogP contribution in [0.25, 0.3) is 22.4 Å². The number of amidine groups is 1. The van der Waals surface area contributed by atoms with Crippen molar-refractivity contribution in [2.24, 2.45) is 11.8 Å². The second-order valence-electron chi connectivity index (χ2n) is 9.79. The molecule has 1 atom stereocenters. The van der Waals surface area contributed by atoms with E-state index in [1.807, 2.05) is 5.32 Å². The number of imidazole rings is 1. The summed E-state index contributed by atoms with van der Waals surface area (Å²) in [5.74, 6) is 3.82. The molecule has 1 saturated heterocycles. The van der Waals surface area contributed by atoms with Gasteiger partial charge in [-0.15, -0.1) is 12.3 Å². The molecule has 3 aromatic heterocycles. The van der Waals surface area contributed by atoms with E-state index >= 15 is 0 Å². The highest BCUT2D eigenvalue weighted by Gasteiger charge is 2.30. The van der Waals surface area contributed by atoms with Gasteiger partial charge in [0.05, 0.1) is 24.3 Å². The summed E-state index contributed by atoms with van der Waals surface area (Å²) in [6.45, 7) is 4.61. The minimum atomic E-state index is -1.37. The molecule has 2 aliphatic rings. The first-order chi connectivity index (χ1) is 18.3. The molecule has 1 aliphatic carbocycles. The number of ether oxygens (including phenoxy) is 1. The molecule has 0 spiro atoms. The van der Waals surface area contributed by atoms with Crippen LogP contribution in [0.2, 0.25) is 5.02 Å². The molecule has 0 bridgehead atoms. The number of morpholine rings is 1. The van der Waals surface area contributed by atoms with Gasteiger partial charge < -0.3 is 19.3 Å². The van der Waals surface area contributed by atoms with Crippen LogP contribution in [-0.2, 0) is 11.3 Å². The molecule has 11 nitrogen and oxygen atoms in total. The number of nitrogens with zero attached hydrogens (tertiary/aromatic N) is 6. The van der Waals surface area contributed by atoms with Gasteiger partial charge in [-0.1, -0.05) is 11.6 Å². The van der Waals surface area contributed by atoms with Crippen LogP contribution in [0, 0.1) is 29.6 Å². The number of pyridine rings is 1. The van der Waals surface area contributed by atoms with Gasteiger partial charge >= 0.3 is 6.09 Å². The number of rotatable bonds is 5. The second-order valence-corrected chi connectivity index (χ2v) is 10.2. The zero-order valence-corrected chi connectivity index (χ0v) is 21.8. The summed E-state index contributed by atoms with van der Waals surface area (Å²) in [5.41, 5.74) is 2.16. The molecular weight excluding hydrogens is 508 g/mol. The van der Waals surface area contributed by atoms with Gasteiger partial charge in [0.25, 0.3) is 0 Å². The lowest BCUT2D eigenvalue weighted by atomic mass is 9.82. The fourth-order valence-electron chi connectivity index (χ4n) is 5.23. The van der Waals surface area contributed by atoms with Crippen LogP contribution in [0.3, 0.4) is 0 Å². The van der Waals surface area contributed by atoms with Crippen LogP contribution in [0.15, 0.2) is 18.5 Å². The second kappa shape index (κ2) is 10.9. The van der Waals surface area contributed by atoms with Crippen LogP contribution < -0.4 is 10.2 Å². The van der Waals surface area contributed by atoms with E-state index in [9.17, 15) is 4.79 Å². The number of hydrogen-bond donors (Lipinski definition) is 3. The maximum Gasteiger partial charge on any atom is 0.410 e. The molecule has 2 fully saturated rings. The van der Waals surface area contributed by atoms with Crippen molar-refractivity contribution in [2.75, 3.05) is 24.7 Å². The van der Waals surface area contributed by atoms with E-state index in [2.05, 4.69) is 37.3 Å². The molecule has 0 aromatic carbocycles. The predicted molar refractivity (Wildman–Crippen MR) is 143 cm³/mol. The molecular formula is C26H29ClN8O3. The fraction of sp³-hybridized carbons (Fsp3) is 0.462. The number of carbonyl (C=O) groups is 1. The van der Waals surface area contributed by atoms with Gasteiger partial charge in [0, 0.05) is 37.0 Å². The van der Waals surface area contributed by atoms with Gasteiger partial charge in [0.2, 0.25) is 5.95 Å². The number of carboxylic acid groups (broad SMARTS) is 1. The van der Waals surface area contributed by atoms with Gasteiger partial charge in [-0.2, -0.15) is 4.98 Å². The number of anilines is 1. The molecule has 198 valence electrons. The van der Waals surface area contributed by atoms with Crippen molar-refractivity contribution in [3.63, 3.8) is 0 Å². The Kier molecular flexibility index (Phi) is 7.44. The van der Waals surface area contributed by atoms with Crippen molar-refractivity contribution in [2.45, 2.75) is 45.2 Å². The summed E-state index contributed by atoms with van der Waals surface area (Å²) in [6, 6.07) is 1.83. The topological polar surface area (TPSA) is 142 Å². The van der Waals surface area contributed by atoms with Gasteiger partial charge in [0.15, 0.2) is 17.3 Å². The van der Waals surface area contributed by atoms with E-state index in [0.717, 1.165) is 31.6 Å². The molecule has 12 heteroatoms. The van der Waals surface area contributed by atoms with Crippen molar-refractivity contribution >= 4 is 40.6 Å². The minimum absolute atomic E-state index is 0.0874. The molecule has 3 N–H and O–H groups in total. The Morgan fingerprint density at radius 2 is 2.08 bits per heavy atom. The van der Waals surface area contributed by atoms with Crippen molar-refractivity contribution in [1.29, 1.82) is 5.41 Å². The summed E-state index contributed by atoms with van der Waals surface area (Å²) in [4.78, 5) is 31.8. The Morgan fingerprint density at radius 3 is 2.76 bits per heavy atom. The Labute approximate surface area is 225 Å². The van der Waals surface area contributed by atoms with Gasteiger partial charge in [-0.3, -0.25) is 15.7 Å². The molecule has 4 heterocycles. The number of amides is 1. The highest BCUT2D eigenvalue weighted by atomic mass is 35.5. The van der Waals surface area contributed by atoms with Crippen molar-refractivity contribution in [3.8, 4) is 23.6 Å². The third kappa shape index (κ3) is 5.28. The maximum atomic E-state index is 11.2. The summed E-state index contributed by atoms with van der Waals surface area (Å²) in [6.07, 6.45) is 11.5. The Morgan fingerprint density at radius 1 is 1.29 bits per heavy atom. The number of nitrogens with one attached hydrogen (secondary N) is 2. The zero-order valence-electron chi connectivity index (χ0n) is 21.0. The monoisotopic (exact) mass is 536 g/mol. The van der Waals surface area contributed by atoms with Gasteiger partial charge in [-0.25, -0.2) is 14.8 Å². The summed E-state index contributed by atoms with van der Waals surface area (Å²) < 4.78 is 7.83. The number of halogens is 1. The van der Waals surface area contributed by atoms with Crippen LogP contribution in [0.5, 0.6) is 0 Å². The van der Waals surface area contributed by atoms with Crippen LogP contribution in [0.1, 0.15) is 38.4 Å². The maximum absolute atomic E-state index is 11.2. The average Bonchev–Trinajstić information content (AvgIpc) is 3.26. The normalized spacial score (nSPS) is 21.7. The van der Waals surface area contributed by atoms with Crippen LogP contribution in [-0.4, -0.2) is 67.3 Å². The lowest BCUT2D eigenvalue weighted by molar-refractivity contribution is 0.0976. The molecule has 5 rings (SSSR count). The lowest BCUT2D eigenvalue weighted by Gasteiger charge is -2.35. The Bertz CT molecular complexity index is 1410. The van der Waals surface area contributed by atoms with E-state index in [0.29, 0.717) is 65.6 Å². The largest absolute Gasteiger partial charge is 0.465 e. The minimum Gasteiger partial charge on any atom is -0.465 e. The van der Waals surface area contributed by atoms with Crippen LogP contribution in [0.4, 0.5) is 10.7 Å². The van der Waals surface area contributed by atoms with E-state index in [4.69, 9.17) is 38.3 Å². The highest BCUT2D eigenvalue weighted by Crippen LogP contribution is 2.36. The SMILES string of the molecule is C#CC1CCC(Cn2c(N3CCOC[C@@H]3C)nc3nc(C(=N)NC(=O)O)nc(-c4cncc(Cl)c4)c32)CC1. The Balaban J connectivity index is 1.69. The van der Waals surface area contributed by atoms with E-state index in [1.165, 1.54) is 6.20 Å². The summed E-state index contributed by atoms with van der Waals surface area (Å²) in [5, 5.41) is 19.9. The fourth-order valence-corrected chi connectivity index (χ4v) is 5.40. The first-order valence-electron chi connectivity index (χ1n) is 12.6. The van der Waals surface area contributed by atoms with Crippen LogP contribution >= 0.6 is 11.6 Å². The number of fused-ring (bicyclic) bond motifs is 1. The third-order valence-corrected chi connectivity index (χ3v) is 7.37. The van der Waals surface area contributed by atoms with Crippen molar-refractivity contribution in [1.82, 2.24) is 29.8 Å². The van der Waals surface area contributed by atoms with Gasteiger partial charge in [0.1, 0.15) is 11.2 Å². The van der Waals surface area contributed by atoms with Gasteiger partial charge in [-0.05, 0) is 44.6 Å². The highest BCUT2D eigenvalue weighted by molar-refractivity contribution is 6.30. The van der Waals surface area contributed by atoms with E-state index < -0.39 is 11.9 Å². The standard InChI is InChI=1S/C26H29ClN8O3/c1-3-16-4-6-17(7-5-16)13-35-21-20(18-10-19(27)12-29-11-18)30-24(22(28)31-26(36)37)32-23(21)33-25(35)34-8-9-38-14-15(34)2/h1,10-12,15-17H,4-9,13-14H2,2H3,(H2,28,31)(H,36,37)/t15-,16?,17?/m0/s1. The predicted octanol–water partition coefficient (Wildman–Crippen LogP) is 3.80. The number of terminal acetylenes is 1. The first-order valence-corrected chi connectivity index (χ1v) is 13.0. The zero-order chi connectivity index (χ0) is 26.8. The molecule has 1 amide bonds. The Hall–Kier alpha value is -3.75. The molecule has 0 unspecified atom stereocenters. The summed E-state index contributed by atoms with van der Waals surface area (Å²) in [7, 11) is 0. The smallest absolute Gasteiger partial charge is 0.410 e. The first kappa shape index (κ1) is 25.9. The van der Waals surface area contributed by atoms with Crippen molar-refractivity contribution in [3.05, 3.63) is 29.3 Å². The molecule has 38 heavy (non-hydrogen) atoms. The molecule has 1 aliphatic heterocycles. The average molecular weight is 537 g/mol. The quantitative estimate of drug-likeness (QED) is 0.254. The molecule has 3 aromatic rings. The number of aromatic nitrogens is 5. The van der Waals surface area contributed by atoms with Crippen molar-refractivity contribution < 1.29 is 14.6 Å². The number of hydrogen-bond acceptors (Lipinski definition) is 8. The van der Waals surface area contributed by atoms with E-state index in [1.54, 1.807) is 12.3 Å². The third-order valence-electron chi connectivity index (χ3n) is 7.16. The van der Waals surface area contributed by atoms with E-state index in [-0.39, 0.29) is 11.9 Å². The lowest BCUT2D eigenvalue weighted by Crippen LogP contribution is -2.45.